The summed E-state index contributed by atoms with van der Waals surface area (Å²) in [7, 11) is 0. The molecule has 176 valence electrons. The van der Waals surface area contributed by atoms with Crippen molar-refractivity contribution in [2.45, 2.75) is 107 Å². The molecule has 30 heavy (non-hydrogen) atoms. The second-order valence-corrected chi connectivity index (χ2v) is 10.3. The number of urea groups is 1. The highest BCUT2D eigenvalue weighted by molar-refractivity contribution is 7.99. The van der Waals surface area contributed by atoms with Crippen molar-refractivity contribution >= 4 is 29.4 Å². The Hall–Kier alpha value is -0.250. The van der Waals surface area contributed by atoms with Gasteiger partial charge < -0.3 is 30.3 Å². The number of carbonyl (C=O) groups excluding carboxylic acids is 1. The summed E-state index contributed by atoms with van der Waals surface area (Å²) in [6.07, 6.45) is 3.21. The minimum atomic E-state index is -1.37. The number of hydrogen-bond donors (Lipinski definition) is 4. The van der Waals surface area contributed by atoms with Gasteiger partial charge in [-0.2, -0.15) is 0 Å². The van der Waals surface area contributed by atoms with E-state index in [2.05, 4.69) is 19.2 Å². The third-order valence-electron chi connectivity index (χ3n) is 6.44. The summed E-state index contributed by atoms with van der Waals surface area (Å²) in [4.78, 5) is 15.3. The van der Waals surface area contributed by atoms with E-state index in [4.69, 9.17) is 16.3 Å². The fraction of sp³-hybridized carbons (Fsp3) is 0.952. The van der Waals surface area contributed by atoms with Crippen LogP contribution in [-0.2, 0) is 4.74 Å². The molecule has 0 bridgehead atoms. The normalized spacial score (nSPS) is 35.9. The van der Waals surface area contributed by atoms with Gasteiger partial charge in [0, 0.05) is 12.6 Å². The molecular formula is C21H39ClN2O5S. The van der Waals surface area contributed by atoms with Crippen LogP contribution in [0, 0.1) is 5.92 Å². The summed E-state index contributed by atoms with van der Waals surface area (Å²) in [5, 5.41) is 33.4. The first-order valence-electron chi connectivity index (χ1n) is 11.2. The fourth-order valence-electron chi connectivity index (χ4n) is 4.67. The standard InChI is InChI=1S/C21H39ClN2O5S/c1-5-9-12(2)14-10-7-6-8-11-24(14)21(28)23-15(13(3)22)19-17(26)16(25)18(27)20(29-19)30-4/h12-20,25-27H,5-11H2,1-4H3,(H,23,28). The van der Waals surface area contributed by atoms with Gasteiger partial charge in [0.1, 0.15) is 29.9 Å². The molecule has 0 radical (unpaired) electrons. The number of aliphatic hydroxyl groups is 3. The van der Waals surface area contributed by atoms with Crippen molar-refractivity contribution in [2.24, 2.45) is 5.92 Å². The van der Waals surface area contributed by atoms with Crippen LogP contribution in [0.3, 0.4) is 0 Å². The lowest BCUT2D eigenvalue weighted by molar-refractivity contribution is -0.204. The predicted octanol–water partition coefficient (Wildman–Crippen LogP) is 2.54. The van der Waals surface area contributed by atoms with Crippen LogP contribution in [0.25, 0.3) is 0 Å². The second-order valence-electron chi connectivity index (χ2n) is 8.71. The molecule has 0 aromatic heterocycles. The summed E-state index contributed by atoms with van der Waals surface area (Å²) in [6, 6.07) is -0.752. The quantitative estimate of drug-likeness (QED) is 0.430. The number of amides is 2. The molecule has 0 saturated carbocycles. The Morgan fingerprint density at radius 3 is 2.50 bits per heavy atom. The van der Waals surface area contributed by atoms with E-state index in [1.165, 1.54) is 11.8 Å². The molecule has 0 aliphatic carbocycles. The lowest BCUT2D eigenvalue weighted by Crippen LogP contribution is -2.65. The number of thioether (sulfide) groups is 1. The number of nitrogens with one attached hydrogen (secondary N) is 1. The van der Waals surface area contributed by atoms with Crippen LogP contribution in [0.1, 0.15) is 59.3 Å². The van der Waals surface area contributed by atoms with E-state index >= 15 is 0 Å². The molecule has 2 fully saturated rings. The number of hydrogen-bond acceptors (Lipinski definition) is 6. The zero-order chi connectivity index (χ0) is 22.4. The highest BCUT2D eigenvalue weighted by Gasteiger charge is 2.48. The number of alkyl halides is 1. The van der Waals surface area contributed by atoms with Crippen LogP contribution in [0.4, 0.5) is 4.79 Å². The Bertz CT molecular complexity index is 542. The zero-order valence-electron chi connectivity index (χ0n) is 18.5. The van der Waals surface area contributed by atoms with Crippen molar-refractivity contribution in [2.75, 3.05) is 12.8 Å². The van der Waals surface area contributed by atoms with Gasteiger partial charge in [0.15, 0.2) is 0 Å². The average molecular weight is 467 g/mol. The highest BCUT2D eigenvalue weighted by Crippen LogP contribution is 2.31. The first-order valence-corrected chi connectivity index (χ1v) is 12.9. The third kappa shape index (κ3) is 6.17. The summed E-state index contributed by atoms with van der Waals surface area (Å²) < 4.78 is 5.87. The number of nitrogens with zero attached hydrogens (tertiary/aromatic N) is 1. The van der Waals surface area contributed by atoms with E-state index in [-0.39, 0.29) is 12.1 Å². The zero-order valence-corrected chi connectivity index (χ0v) is 20.1. The van der Waals surface area contributed by atoms with Crippen molar-refractivity contribution in [1.82, 2.24) is 10.2 Å². The second kappa shape index (κ2) is 12.1. The molecule has 2 aliphatic rings. The molecule has 9 atom stereocenters. The van der Waals surface area contributed by atoms with Gasteiger partial charge in [0.05, 0.1) is 11.4 Å². The fourth-order valence-corrected chi connectivity index (χ4v) is 5.56. The van der Waals surface area contributed by atoms with Crippen LogP contribution < -0.4 is 5.32 Å². The van der Waals surface area contributed by atoms with Gasteiger partial charge >= 0.3 is 6.03 Å². The molecule has 0 spiro atoms. The maximum Gasteiger partial charge on any atom is 0.318 e. The molecular weight excluding hydrogens is 428 g/mol. The molecule has 4 N–H and O–H groups in total. The first-order chi connectivity index (χ1) is 14.2. The van der Waals surface area contributed by atoms with Gasteiger partial charge in [-0.1, -0.05) is 33.1 Å². The Morgan fingerprint density at radius 1 is 1.20 bits per heavy atom. The Balaban J connectivity index is 2.18. The number of likely N-dealkylation sites (tertiary alicyclic amines) is 1. The van der Waals surface area contributed by atoms with Gasteiger partial charge in [-0.15, -0.1) is 23.4 Å². The molecule has 9 heteroatoms. The van der Waals surface area contributed by atoms with Crippen LogP contribution in [0.2, 0.25) is 0 Å². The number of carbonyl (C=O) groups is 1. The summed E-state index contributed by atoms with van der Waals surface area (Å²) in [6.45, 7) is 6.78. The number of rotatable bonds is 7. The number of ether oxygens (including phenoxy) is 1. The molecule has 2 aliphatic heterocycles. The molecule has 9 unspecified atom stereocenters. The lowest BCUT2D eigenvalue weighted by atomic mass is 9.92. The number of halogens is 1. The molecule has 0 aromatic rings. The minimum Gasteiger partial charge on any atom is -0.388 e. The van der Waals surface area contributed by atoms with Crippen molar-refractivity contribution in [3.63, 3.8) is 0 Å². The largest absolute Gasteiger partial charge is 0.388 e. The summed E-state index contributed by atoms with van der Waals surface area (Å²) in [5.41, 5.74) is -0.710. The van der Waals surface area contributed by atoms with E-state index in [0.717, 1.165) is 38.5 Å². The maximum absolute atomic E-state index is 13.3. The van der Waals surface area contributed by atoms with Crippen LogP contribution >= 0.6 is 23.4 Å². The molecule has 2 rings (SSSR count). The van der Waals surface area contributed by atoms with Crippen molar-refractivity contribution in [3.05, 3.63) is 0 Å². The third-order valence-corrected chi connectivity index (χ3v) is 7.56. The first kappa shape index (κ1) is 26.0. The van der Waals surface area contributed by atoms with E-state index in [1.54, 1.807) is 13.2 Å². The Labute approximate surface area is 189 Å². The van der Waals surface area contributed by atoms with Crippen LogP contribution in [-0.4, -0.2) is 86.4 Å². The number of aliphatic hydroxyl groups excluding tert-OH is 3. The van der Waals surface area contributed by atoms with E-state index < -0.39 is 41.3 Å². The highest BCUT2D eigenvalue weighted by atomic mass is 35.5. The van der Waals surface area contributed by atoms with Crippen molar-refractivity contribution in [3.8, 4) is 0 Å². The van der Waals surface area contributed by atoms with E-state index in [0.29, 0.717) is 12.5 Å². The maximum atomic E-state index is 13.3. The van der Waals surface area contributed by atoms with Crippen LogP contribution in [0.5, 0.6) is 0 Å². The van der Waals surface area contributed by atoms with Gasteiger partial charge in [0.25, 0.3) is 0 Å². The monoisotopic (exact) mass is 466 g/mol. The lowest BCUT2D eigenvalue weighted by Gasteiger charge is -2.44. The van der Waals surface area contributed by atoms with Crippen LogP contribution in [0.15, 0.2) is 0 Å². The summed E-state index contributed by atoms with van der Waals surface area (Å²) >= 11 is 7.65. The minimum absolute atomic E-state index is 0.169. The van der Waals surface area contributed by atoms with Crippen molar-refractivity contribution in [1.29, 1.82) is 0 Å². The molecule has 2 saturated heterocycles. The van der Waals surface area contributed by atoms with Crippen molar-refractivity contribution < 1.29 is 24.9 Å². The van der Waals surface area contributed by atoms with Gasteiger partial charge in [-0.25, -0.2) is 4.79 Å². The topological polar surface area (TPSA) is 102 Å². The average Bonchev–Trinajstić information content (AvgIpc) is 2.97. The van der Waals surface area contributed by atoms with Gasteiger partial charge in [0.2, 0.25) is 0 Å². The van der Waals surface area contributed by atoms with Gasteiger partial charge in [-0.05, 0) is 38.4 Å². The molecule has 0 aromatic carbocycles. The van der Waals surface area contributed by atoms with E-state index in [9.17, 15) is 20.1 Å². The Morgan fingerprint density at radius 2 is 1.90 bits per heavy atom. The predicted molar refractivity (Wildman–Crippen MR) is 121 cm³/mol. The molecule has 2 heterocycles. The smallest absolute Gasteiger partial charge is 0.318 e. The van der Waals surface area contributed by atoms with Gasteiger partial charge in [-0.3, -0.25) is 0 Å². The molecule has 7 nitrogen and oxygen atoms in total. The SMILES string of the molecule is CCCC(C)C1CCCCCN1C(=O)NC(C(C)Cl)C1OC(SC)C(O)C(O)C1O. The van der Waals surface area contributed by atoms with E-state index in [1.807, 2.05) is 4.90 Å². The summed E-state index contributed by atoms with van der Waals surface area (Å²) in [5.74, 6) is 0.403. The Kier molecular flexibility index (Phi) is 10.5. The molecule has 2 amide bonds.